The largest absolute Gasteiger partial charge is 0.482 e. The third kappa shape index (κ3) is 4.48. The van der Waals surface area contributed by atoms with Gasteiger partial charge in [0.1, 0.15) is 16.5 Å². The second-order valence-corrected chi connectivity index (χ2v) is 10.1. The van der Waals surface area contributed by atoms with Crippen LogP contribution in [-0.4, -0.2) is 65.3 Å². The summed E-state index contributed by atoms with van der Waals surface area (Å²) in [6.07, 6.45) is 0. The smallest absolute Gasteiger partial charge is 0.273 e. The van der Waals surface area contributed by atoms with Crippen LogP contribution < -0.4 is 9.64 Å². The van der Waals surface area contributed by atoms with Crippen LogP contribution in [-0.2, 0) is 21.5 Å². The van der Waals surface area contributed by atoms with Crippen molar-refractivity contribution < 1.29 is 19.1 Å². The fourth-order valence-corrected chi connectivity index (χ4v) is 4.60. The minimum atomic E-state index is -0.139. The Labute approximate surface area is 191 Å². The first kappa shape index (κ1) is 22.3. The Morgan fingerprint density at radius 1 is 1.12 bits per heavy atom. The van der Waals surface area contributed by atoms with Crippen LogP contribution in [0.15, 0.2) is 23.6 Å². The highest BCUT2D eigenvalue weighted by molar-refractivity contribution is 7.09. The summed E-state index contributed by atoms with van der Waals surface area (Å²) in [4.78, 5) is 46.7. The summed E-state index contributed by atoms with van der Waals surface area (Å²) < 4.78 is 5.62. The number of piperazine rings is 1. The number of nitrogens with zero attached hydrogens (tertiary/aromatic N) is 4. The number of aromatic nitrogens is 1. The zero-order valence-electron chi connectivity index (χ0n) is 18.9. The lowest BCUT2D eigenvalue weighted by molar-refractivity contribution is -0.130. The van der Waals surface area contributed by atoms with E-state index >= 15 is 0 Å². The van der Waals surface area contributed by atoms with Crippen LogP contribution in [0.25, 0.3) is 0 Å². The van der Waals surface area contributed by atoms with Crippen molar-refractivity contribution in [2.45, 2.75) is 39.7 Å². The standard InChI is InChI=1S/C23H28N4O4S/c1-15(28)25-7-9-26(10-8-25)22(30)17-14-32-20(24-17)12-27-18-11-16(23(2,3)4)5-6-19(18)31-13-21(27)29/h5-6,11,14H,7-10,12-13H2,1-4H3. The number of hydrogen-bond acceptors (Lipinski definition) is 6. The van der Waals surface area contributed by atoms with Crippen LogP contribution in [0, 0.1) is 0 Å². The Bertz CT molecular complexity index is 1050. The molecule has 0 atom stereocenters. The van der Waals surface area contributed by atoms with Crippen molar-refractivity contribution in [3.63, 3.8) is 0 Å². The molecule has 8 nitrogen and oxygen atoms in total. The highest BCUT2D eigenvalue weighted by Crippen LogP contribution is 2.37. The first-order chi connectivity index (χ1) is 15.1. The van der Waals surface area contributed by atoms with Crippen LogP contribution in [0.1, 0.15) is 48.8 Å². The first-order valence-electron chi connectivity index (χ1n) is 10.7. The van der Waals surface area contributed by atoms with Gasteiger partial charge in [0.05, 0.1) is 12.2 Å². The SMILES string of the molecule is CC(=O)N1CCN(C(=O)c2csc(CN3C(=O)COc4ccc(C(C)(C)C)cc43)n2)CC1. The molecule has 4 rings (SSSR count). The van der Waals surface area contributed by atoms with Gasteiger partial charge in [-0.15, -0.1) is 11.3 Å². The summed E-state index contributed by atoms with van der Waals surface area (Å²) in [6.45, 7) is 10.3. The molecular weight excluding hydrogens is 428 g/mol. The molecule has 1 aromatic heterocycles. The monoisotopic (exact) mass is 456 g/mol. The molecule has 0 saturated carbocycles. The molecule has 32 heavy (non-hydrogen) atoms. The minimum absolute atomic E-state index is 0.0144. The van der Waals surface area contributed by atoms with E-state index in [1.54, 1.807) is 27.0 Å². The minimum Gasteiger partial charge on any atom is -0.482 e. The van der Waals surface area contributed by atoms with E-state index in [1.165, 1.54) is 11.3 Å². The molecule has 9 heteroatoms. The van der Waals surface area contributed by atoms with Crippen LogP contribution in [0.4, 0.5) is 5.69 Å². The normalized spacial score (nSPS) is 16.6. The summed E-state index contributed by atoms with van der Waals surface area (Å²) in [6, 6.07) is 5.94. The van der Waals surface area contributed by atoms with Crippen molar-refractivity contribution in [1.29, 1.82) is 0 Å². The van der Waals surface area contributed by atoms with Crippen molar-refractivity contribution >= 4 is 34.7 Å². The number of benzene rings is 1. The Hall–Kier alpha value is -2.94. The third-order valence-electron chi connectivity index (χ3n) is 5.84. The summed E-state index contributed by atoms with van der Waals surface area (Å²) in [5.74, 6) is 0.429. The lowest BCUT2D eigenvalue weighted by atomic mass is 9.86. The molecule has 0 unspecified atom stereocenters. The predicted molar refractivity (Wildman–Crippen MR) is 122 cm³/mol. The van der Waals surface area contributed by atoms with E-state index in [9.17, 15) is 14.4 Å². The average Bonchev–Trinajstić information content (AvgIpc) is 3.23. The van der Waals surface area contributed by atoms with Crippen LogP contribution in [0.5, 0.6) is 5.75 Å². The van der Waals surface area contributed by atoms with Crippen molar-refractivity contribution in [3.05, 3.63) is 39.8 Å². The third-order valence-corrected chi connectivity index (χ3v) is 6.68. The van der Waals surface area contributed by atoms with Crippen molar-refractivity contribution in [2.24, 2.45) is 0 Å². The molecule has 2 aliphatic heterocycles. The number of fused-ring (bicyclic) bond motifs is 1. The van der Waals surface area contributed by atoms with Gasteiger partial charge in [0.15, 0.2) is 6.61 Å². The van der Waals surface area contributed by atoms with Gasteiger partial charge in [0.25, 0.3) is 11.8 Å². The number of ether oxygens (including phenoxy) is 1. The van der Waals surface area contributed by atoms with Gasteiger partial charge < -0.3 is 14.5 Å². The maximum Gasteiger partial charge on any atom is 0.273 e. The number of carbonyl (C=O) groups is 3. The first-order valence-corrected chi connectivity index (χ1v) is 11.6. The van der Waals surface area contributed by atoms with Crippen LogP contribution >= 0.6 is 11.3 Å². The Morgan fingerprint density at radius 3 is 2.47 bits per heavy atom. The van der Waals surface area contributed by atoms with E-state index in [0.29, 0.717) is 49.2 Å². The van der Waals surface area contributed by atoms with E-state index in [-0.39, 0.29) is 29.7 Å². The molecule has 170 valence electrons. The zero-order valence-corrected chi connectivity index (χ0v) is 19.7. The fraction of sp³-hybridized carbons (Fsp3) is 0.478. The van der Waals surface area contributed by atoms with Crippen molar-refractivity contribution in [1.82, 2.24) is 14.8 Å². The van der Waals surface area contributed by atoms with Crippen LogP contribution in [0.3, 0.4) is 0 Å². The molecule has 0 bridgehead atoms. The summed E-state index contributed by atoms with van der Waals surface area (Å²) in [5, 5.41) is 2.44. The van der Waals surface area contributed by atoms with Gasteiger partial charge in [-0.25, -0.2) is 4.98 Å². The van der Waals surface area contributed by atoms with E-state index in [4.69, 9.17) is 4.74 Å². The molecule has 1 fully saturated rings. The maximum atomic E-state index is 12.9. The van der Waals surface area contributed by atoms with Gasteiger partial charge in [-0.3, -0.25) is 19.3 Å². The molecule has 1 aromatic carbocycles. The highest BCUT2D eigenvalue weighted by Gasteiger charge is 2.29. The lowest BCUT2D eigenvalue weighted by Crippen LogP contribution is -2.50. The molecular formula is C23H28N4O4S. The molecule has 3 heterocycles. The number of rotatable bonds is 3. The Balaban J connectivity index is 1.50. The average molecular weight is 457 g/mol. The number of amides is 3. The molecule has 0 spiro atoms. The molecule has 1 saturated heterocycles. The quantitative estimate of drug-likeness (QED) is 0.709. The van der Waals surface area contributed by atoms with Gasteiger partial charge in [0.2, 0.25) is 5.91 Å². The summed E-state index contributed by atoms with van der Waals surface area (Å²) in [5.41, 5.74) is 2.16. The van der Waals surface area contributed by atoms with Gasteiger partial charge in [-0.1, -0.05) is 26.8 Å². The van der Waals surface area contributed by atoms with Gasteiger partial charge in [-0.2, -0.15) is 0 Å². The summed E-state index contributed by atoms with van der Waals surface area (Å²) in [7, 11) is 0. The predicted octanol–water partition coefficient (Wildman–Crippen LogP) is 2.67. The van der Waals surface area contributed by atoms with E-state index in [0.717, 1.165) is 11.3 Å². The fourth-order valence-electron chi connectivity index (χ4n) is 3.85. The number of carbonyl (C=O) groups excluding carboxylic acids is 3. The second kappa shape index (κ2) is 8.54. The van der Waals surface area contributed by atoms with Crippen molar-refractivity contribution in [2.75, 3.05) is 37.7 Å². The number of anilines is 1. The lowest BCUT2D eigenvalue weighted by Gasteiger charge is -2.33. The topological polar surface area (TPSA) is 83.1 Å². The molecule has 3 amide bonds. The van der Waals surface area contributed by atoms with Gasteiger partial charge in [0, 0.05) is 38.5 Å². The maximum absolute atomic E-state index is 12.9. The highest BCUT2D eigenvalue weighted by atomic mass is 32.1. The number of hydrogen-bond donors (Lipinski definition) is 0. The molecule has 2 aliphatic rings. The van der Waals surface area contributed by atoms with E-state index in [1.807, 2.05) is 18.2 Å². The van der Waals surface area contributed by atoms with Crippen molar-refractivity contribution in [3.8, 4) is 5.75 Å². The number of thiazole rings is 1. The second-order valence-electron chi connectivity index (χ2n) is 9.13. The Morgan fingerprint density at radius 2 is 1.81 bits per heavy atom. The van der Waals surface area contributed by atoms with Crippen LogP contribution in [0.2, 0.25) is 0 Å². The van der Waals surface area contributed by atoms with E-state index < -0.39 is 0 Å². The zero-order chi connectivity index (χ0) is 23.0. The molecule has 0 aliphatic carbocycles. The molecule has 0 radical (unpaired) electrons. The van der Waals surface area contributed by atoms with E-state index in [2.05, 4.69) is 25.8 Å². The molecule has 0 N–H and O–H groups in total. The molecule has 2 aromatic rings. The van der Waals surface area contributed by atoms with Gasteiger partial charge >= 0.3 is 0 Å². The van der Waals surface area contributed by atoms with Gasteiger partial charge in [-0.05, 0) is 23.1 Å². The summed E-state index contributed by atoms with van der Waals surface area (Å²) >= 11 is 1.37. The Kier molecular flexibility index (Phi) is 5.94.